The van der Waals surface area contributed by atoms with Crippen LogP contribution in [0.3, 0.4) is 0 Å². The van der Waals surface area contributed by atoms with E-state index in [1.54, 1.807) is 0 Å². The Bertz CT molecular complexity index is 712. The fourth-order valence-corrected chi connectivity index (χ4v) is 1.69. The molecule has 0 spiro atoms. The lowest BCUT2D eigenvalue weighted by Crippen LogP contribution is -2.16. The SMILES string of the molecule is O=C(N/N=C/c1cc(Cl)cc([N+](=O)[O-])c1O)c1ccco1. The number of amides is 1. The number of nitro groups is 1. The van der Waals surface area contributed by atoms with Gasteiger partial charge >= 0.3 is 11.6 Å². The van der Waals surface area contributed by atoms with E-state index in [-0.39, 0.29) is 16.3 Å². The Morgan fingerprint density at radius 1 is 1.52 bits per heavy atom. The zero-order chi connectivity index (χ0) is 15.4. The van der Waals surface area contributed by atoms with Crippen molar-refractivity contribution in [2.45, 2.75) is 0 Å². The predicted octanol–water partition coefficient (Wildman–Crippen LogP) is 2.31. The van der Waals surface area contributed by atoms with Gasteiger partial charge in [-0.2, -0.15) is 5.10 Å². The summed E-state index contributed by atoms with van der Waals surface area (Å²) in [4.78, 5) is 21.5. The Balaban J connectivity index is 2.18. The first-order valence-electron chi connectivity index (χ1n) is 5.53. The molecule has 2 N–H and O–H groups in total. The molecular weight excluding hydrogens is 302 g/mol. The number of nitro benzene ring substituents is 1. The number of carbonyl (C=O) groups excluding carboxylic acids is 1. The highest BCUT2D eigenvalue weighted by molar-refractivity contribution is 6.31. The highest BCUT2D eigenvalue weighted by atomic mass is 35.5. The summed E-state index contributed by atoms with van der Waals surface area (Å²) in [6.45, 7) is 0. The van der Waals surface area contributed by atoms with Crippen LogP contribution in [0.1, 0.15) is 16.1 Å². The van der Waals surface area contributed by atoms with Crippen LogP contribution < -0.4 is 5.43 Å². The van der Waals surface area contributed by atoms with Crippen LogP contribution in [-0.4, -0.2) is 22.2 Å². The van der Waals surface area contributed by atoms with E-state index in [0.29, 0.717) is 0 Å². The molecule has 0 fully saturated rings. The molecule has 21 heavy (non-hydrogen) atoms. The van der Waals surface area contributed by atoms with E-state index in [1.165, 1.54) is 24.5 Å². The molecule has 1 amide bonds. The van der Waals surface area contributed by atoms with E-state index in [9.17, 15) is 20.0 Å². The molecule has 8 nitrogen and oxygen atoms in total. The first-order chi connectivity index (χ1) is 9.99. The van der Waals surface area contributed by atoms with Crippen molar-refractivity contribution >= 4 is 29.4 Å². The van der Waals surface area contributed by atoms with Gasteiger partial charge in [0.05, 0.1) is 17.4 Å². The van der Waals surface area contributed by atoms with E-state index < -0.39 is 22.3 Å². The summed E-state index contributed by atoms with van der Waals surface area (Å²) in [5.41, 5.74) is 1.58. The number of aromatic hydroxyl groups is 1. The van der Waals surface area contributed by atoms with Gasteiger partial charge in [-0.25, -0.2) is 5.43 Å². The maximum Gasteiger partial charge on any atom is 0.312 e. The third-order valence-electron chi connectivity index (χ3n) is 2.40. The zero-order valence-corrected chi connectivity index (χ0v) is 11.1. The Morgan fingerprint density at radius 3 is 2.90 bits per heavy atom. The first-order valence-corrected chi connectivity index (χ1v) is 5.90. The van der Waals surface area contributed by atoms with Crippen LogP contribution in [-0.2, 0) is 0 Å². The van der Waals surface area contributed by atoms with Crippen molar-refractivity contribution in [2.75, 3.05) is 0 Å². The fourth-order valence-electron chi connectivity index (χ4n) is 1.47. The van der Waals surface area contributed by atoms with Crippen molar-refractivity contribution in [3.05, 3.63) is 57.0 Å². The largest absolute Gasteiger partial charge is 0.502 e. The van der Waals surface area contributed by atoms with Crippen LogP contribution in [0.2, 0.25) is 5.02 Å². The molecule has 0 unspecified atom stereocenters. The van der Waals surface area contributed by atoms with Crippen molar-refractivity contribution in [3.63, 3.8) is 0 Å². The zero-order valence-electron chi connectivity index (χ0n) is 10.3. The molecular formula is C12H8ClN3O5. The van der Waals surface area contributed by atoms with Gasteiger partial charge in [0.25, 0.3) is 0 Å². The number of phenolic OH excluding ortho intramolecular Hbond substituents is 1. The fraction of sp³-hybridized carbons (Fsp3) is 0. The molecule has 1 aromatic carbocycles. The normalized spacial score (nSPS) is 10.7. The Hall–Kier alpha value is -2.87. The van der Waals surface area contributed by atoms with Crippen LogP contribution >= 0.6 is 11.6 Å². The molecule has 0 aliphatic rings. The second-order valence-electron chi connectivity index (χ2n) is 3.80. The molecule has 0 saturated heterocycles. The summed E-state index contributed by atoms with van der Waals surface area (Å²) in [6, 6.07) is 5.25. The topological polar surface area (TPSA) is 118 Å². The van der Waals surface area contributed by atoms with Gasteiger partial charge in [0.15, 0.2) is 5.76 Å². The number of carbonyl (C=O) groups is 1. The lowest BCUT2D eigenvalue weighted by Gasteiger charge is -2.01. The molecule has 0 aliphatic heterocycles. The monoisotopic (exact) mass is 309 g/mol. The Morgan fingerprint density at radius 2 is 2.29 bits per heavy atom. The maximum absolute atomic E-state index is 11.5. The second-order valence-corrected chi connectivity index (χ2v) is 4.23. The minimum atomic E-state index is -0.778. The number of hydrogen-bond acceptors (Lipinski definition) is 6. The molecule has 9 heteroatoms. The number of nitrogens with one attached hydrogen (secondary N) is 1. The van der Waals surface area contributed by atoms with Crippen molar-refractivity contribution in [3.8, 4) is 5.75 Å². The Labute approximate surface area is 122 Å². The number of halogens is 1. The molecule has 1 heterocycles. The van der Waals surface area contributed by atoms with E-state index in [0.717, 1.165) is 12.3 Å². The van der Waals surface area contributed by atoms with Crippen LogP contribution in [0, 0.1) is 10.1 Å². The number of furan rings is 1. The molecule has 108 valence electrons. The van der Waals surface area contributed by atoms with Crippen LogP contribution in [0.5, 0.6) is 5.75 Å². The summed E-state index contributed by atoms with van der Waals surface area (Å²) in [5, 5.41) is 24.1. The maximum atomic E-state index is 11.5. The average molecular weight is 310 g/mol. The highest BCUT2D eigenvalue weighted by Gasteiger charge is 2.17. The lowest BCUT2D eigenvalue weighted by molar-refractivity contribution is -0.385. The molecule has 0 atom stereocenters. The second kappa shape index (κ2) is 6.06. The van der Waals surface area contributed by atoms with Crippen molar-refractivity contribution < 1.29 is 19.2 Å². The summed E-state index contributed by atoms with van der Waals surface area (Å²) < 4.78 is 4.85. The van der Waals surface area contributed by atoms with E-state index in [4.69, 9.17) is 16.0 Å². The van der Waals surface area contributed by atoms with Gasteiger partial charge in [-0.05, 0) is 18.2 Å². The van der Waals surface area contributed by atoms with Gasteiger partial charge in [-0.3, -0.25) is 14.9 Å². The van der Waals surface area contributed by atoms with Gasteiger partial charge < -0.3 is 9.52 Å². The molecule has 0 bridgehead atoms. The van der Waals surface area contributed by atoms with Crippen LogP contribution in [0.4, 0.5) is 5.69 Å². The molecule has 1 aromatic heterocycles. The van der Waals surface area contributed by atoms with Crippen LogP contribution in [0.15, 0.2) is 40.0 Å². The van der Waals surface area contributed by atoms with Gasteiger partial charge in [-0.15, -0.1) is 0 Å². The van der Waals surface area contributed by atoms with Gasteiger partial charge in [-0.1, -0.05) is 11.6 Å². The lowest BCUT2D eigenvalue weighted by atomic mass is 10.2. The molecule has 2 rings (SSSR count). The highest BCUT2D eigenvalue weighted by Crippen LogP contribution is 2.32. The van der Waals surface area contributed by atoms with Gasteiger partial charge in [0.1, 0.15) is 0 Å². The quantitative estimate of drug-likeness (QED) is 0.510. The summed E-state index contributed by atoms with van der Waals surface area (Å²) in [6.07, 6.45) is 2.36. The van der Waals surface area contributed by atoms with E-state index in [2.05, 4.69) is 10.5 Å². The third kappa shape index (κ3) is 3.37. The summed E-state index contributed by atoms with van der Waals surface area (Å²) in [5.74, 6) is -1.15. The molecule has 2 aromatic rings. The summed E-state index contributed by atoms with van der Waals surface area (Å²) >= 11 is 5.71. The molecule has 0 saturated carbocycles. The number of rotatable bonds is 4. The van der Waals surface area contributed by atoms with E-state index in [1.807, 2.05) is 0 Å². The van der Waals surface area contributed by atoms with Gasteiger partial charge in [0.2, 0.25) is 5.75 Å². The minimum absolute atomic E-state index is 0.00561. The molecule has 0 radical (unpaired) electrons. The predicted molar refractivity (Wildman–Crippen MR) is 73.5 cm³/mol. The van der Waals surface area contributed by atoms with Crippen molar-refractivity contribution in [2.24, 2.45) is 5.10 Å². The van der Waals surface area contributed by atoms with Crippen molar-refractivity contribution in [1.82, 2.24) is 5.43 Å². The average Bonchev–Trinajstić information content (AvgIpc) is 2.95. The number of nitrogens with zero attached hydrogens (tertiary/aromatic N) is 2. The van der Waals surface area contributed by atoms with Gasteiger partial charge in [0, 0.05) is 16.7 Å². The van der Waals surface area contributed by atoms with Crippen LogP contribution in [0.25, 0.3) is 0 Å². The smallest absolute Gasteiger partial charge is 0.312 e. The number of phenols is 1. The van der Waals surface area contributed by atoms with E-state index >= 15 is 0 Å². The third-order valence-corrected chi connectivity index (χ3v) is 2.61. The summed E-state index contributed by atoms with van der Waals surface area (Å²) in [7, 11) is 0. The standard InChI is InChI=1S/C12H8ClN3O5/c13-8-4-7(11(17)9(5-8)16(19)20)6-14-15-12(18)10-2-1-3-21-10/h1-6,17H,(H,15,18)/b14-6+. The number of hydrogen-bond donors (Lipinski definition) is 2. The van der Waals surface area contributed by atoms with Crippen molar-refractivity contribution in [1.29, 1.82) is 0 Å². The number of benzene rings is 1. The minimum Gasteiger partial charge on any atom is -0.502 e. The number of hydrazone groups is 1. The first kappa shape index (κ1) is 14.5. The Kier molecular flexibility index (Phi) is 4.19. The molecule has 0 aliphatic carbocycles.